The summed E-state index contributed by atoms with van der Waals surface area (Å²) in [5.74, 6) is -4.25. The molecule has 2 aliphatic rings. The Morgan fingerprint density at radius 1 is 0.328 bits per heavy atom. The van der Waals surface area contributed by atoms with Gasteiger partial charge in [-0.3, -0.25) is 0 Å². The van der Waals surface area contributed by atoms with Crippen LogP contribution in [0.4, 0.5) is 0 Å². The Bertz CT molecular complexity index is 2760. The number of aromatic nitrogens is 4. The Balaban J connectivity index is 0.00000514. The molecule has 8 bridgehead atoms. The monoisotopic (exact) mass is 985 g/mol. The zero-order valence-corrected chi connectivity index (χ0v) is 33.8. The van der Waals surface area contributed by atoms with Crippen LogP contribution in [-0.2, 0) is 21.1 Å². The third-order valence-corrected chi connectivity index (χ3v) is 10.4. The smallest absolute Gasteiger partial charge is 0.335 e. The minimum atomic E-state index is -1.06. The van der Waals surface area contributed by atoms with E-state index in [1.807, 2.05) is 48.6 Å². The minimum absolute atomic E-state index is 0. The van der Waals surface area contributed by atoms with E-state index in [1.165, 1.54) is 48.5 Å². The molecule has 4 aromatic carbocycles. The maximum atomic E-state index is 11.8. The van der Waals surface area contributed by atoms with Crippen LogP contribution < -0.4 is 0 Å². The second-order valence-corrected chi connectivity index (χ2v) is 14.0. The van der Waals surface area contributed by atoms with Gasteiger partial charge in [0, 0.05) is 65.4 Å². The molecule has 9 rings (SSSR count). The number of aromatic amines is 2. The van der Waals surface area contributed by atoms with Crippen LogP contribution in [0.1, 0.15) is 64.2 Å². The van der Waals surface area contributed by atoms with E-state index in [4.69, 9.17) is 9.97 Å². The molecule has 0 aliphatic carbocycles. The number of nitrogens with one attached hydrogen (secondary N) is 2. The van der Waals surface area contributed by atoms with E-state index in [0.29, 0.717) is 89.4 Å². The van der Waals surface area contributed by atoms with Crippen molar-refractivity contribution in [2.75, 3.05) is 0 Å². The number of carboxylic acids is 4. The van der Waals surface area contributed by atoms with Gasteiger partial charge in [0.05, 0.1) is 45.0 Å². The minimum Gasteiger partial charge on any atom is -0.478 e. The molecule has 6 N–H and O–H groups in total. The van der Waals surface area contributed by atoms with E-state index in [-0.39, 0.29) is 43.3 Å². The van der Waals surface area contributed by atoms with Crippen molar-refractivity contribution in [1.29, 1.82) is 0 Å². The number of nitrogens with zero attached hydrogens (tertiary/aromatic N) is 2. The average molecular weight is 986 g/mol. The Morgan fingerprint density at radius 2 is 0.525 bits per heavy atom. The third-order valence-electron chi connectivity index (χ3n) is 10.4. The normalized spacial score (nSPS) is 11.5. The Kier molecular flexibility index (Phi) is 10.5. The molecule has 2 aliphatic heterocycles. The van der Waals surface area contributed by atoms with E-state index < -0.39 is 23.9 Å². The third kappa shape index (κ3) is 7.48. The summed E-state index contributed by atoms with van der Waals surface area (Å²) in [6, 6.07) is 33.6. The van der Waals surface area contributed by atoms with Crippen LogP contribution in [0.15, 0.2) is 121 Å². The first-order valence-corrected chi connectivity index (χ1v) is 18.5. The quantitative estimate of drug-likeness (QED) is 0.0849. The first-order valence-electron chi connectivity index (χ1n) is 18.5. The van der Waals surface area contributed by atoms with Crippen LogP contribution in [0.3, 0.4) is 0 Å². The second-order valence-electron chi connectivity index (χ2n) is 14.0. The fourth-order valence-electron chi connectivity index (χ4n) is 7.54. The zero-order chi connectivity index (χ0) is 41.7. The predicted molar refractivity (Wildman–Crippen MR) is 228 cm³/mol. The van der Waals surface area contributed by atoms with Gasteiger partial charge in [0.15, 0.2) is 0 Å². The maximum absolute atomic E-state index is 11.8. The SMILES string of the molecule is O=C(O)c1ccc(-c2c3nc(c(-c4ccc(C(=O)O)cc4)c4ccc([nH]4)c(-c4ccc(C(=O)O)cc4)c4nc(c(-c5ccc(C(=O)O)cc5)c5ccc2[nH]5)C=C4)C=C3)cc1.[Pt]. The molecule has 12 nitrogen and oxygen atoms in total. The van der Waals surface area contributed by atoms with Crippen molar-refractivity contribution in [1.82, 2.24) is 19.9 Å². The average Bonchev–Trinajstić information content (AvgIpc) is 4.10. The molecule has 0 unspecified atom stereocenters. The van der Waals surface area contributed by atoms with E-state index in [0.717, 1.165) is 0 Å². The summed E-state index contributed by atoms with van der Waals surface area (Å²) < 4.78 is 0. The van der Waals surface area contributed by atoms with Crippen molar-refractivity contribution >= 4 is 70.2 Å². The summed E-state index contributed by atoms with van der Waals surface area (Å²) in [7, 11) is 0. The number of hydrogen-bond acceptors (Lipinski definition) is 6. The van der Waals surface area contributed by atoms with Gasteiger partial charge >= 0.3 is 23.9 Å². The fourth-order valence-corrected chi connectivity index (χ4v) is 7.54. The van der Waals surface area contributed by atoms with Crippen molar-refractivity contribution in [3.05, 3.63) is 166 Å². The summed E-state index contributed by atoms with van der Waals surface area (Å²) >= 11 is 0. The predicted octanol–water partition coefficient (Wildman–Crippen LogP) is 10.1. The van der Waals surface area contributed by atoms with E-state index in [9.17, 15) is 39.6 Å². The van der Waals surface area contributed by atoms with Crippen LogP contribution in [0, 0.1) is 0 Å². The number of H-pyrrole nitrogens is 2. The number of hydrogen-bond donors (Lipinski definition) is 6. The fraction of sp³-hybridized carbons (Fsp3) is 0. The summed E-state index contributed by atoms with van der Waals surface area (Å²) in [5.41, 5.74) is 10.7. The largest absolute Gasteiger partial charge is 0.478 e. The molecule has 0 amide bonds. The summed E-state index contributed by atoms with van der Waals surface area (Å²) in [5, 5.41) is 38.7. The summed E-state index contributed by atoms with van der Waals surface area (Å²) in [4.78, 5) is 64.8. The Hall–Kier alpha value is -7.95. The molecule has 0 spiro atoms. The number of rotatable bonds is 8. The van der Waals surface area contributed by atoms with Crippen molar-refractivity contribution < 1.29 is 60.7 Å². The number of carboxylic acid groups (broad SMARTS) is 4. The van der Waals surface area contributed by atoms with Gasteiger partial charge in [0.25, 0.3) is 0 Å². The number of aromatic carboxylic acids is 4. The van der Waals surface area contributed by atoms with Gasteiger partial charge in [-0.05, 0) is 119 Å². The number of carbonyl (C=O) groups is 4. The maximum Gasteiger partial charge on any atom is 0.335 e. The van der Waals surface area contributed by atoms with Gasteiger partial charge in [0.2, 0.25) is 0 Å². The van der Waals surface area contributed by atoms with Crippen molar-refractivity contribution in [3.63, 3.8) is 0 Å². The molecule has 0 saturated heterocycles. The molecule has 0 radical (unpaired) electrons. The van der Waals surface area contributed by atoms with Crippen LogP contribution in [0.25, 0.3) is 90.9 Å². The molecule has 61 heavy (non-hydrogen) atoms. The molecule has 0 atom stereocenters. The van der Waals surface area contributed by atoms with E-state index >= 15 is 0 Å². The number of fused-ring (bicyclic) bond motifs is 8. The van der Waals surface area contributed by atoms with Gasteiger partial charge in [-0.25, -0.2) is 29.1 Å². The first-order chi connectivity index (χ1) is 29.0. The van der Waals surface area contributed by atoms with Gasteiger partial charge in [-0.2, -0.15) is 0 Å². The molecular formula is C48H30N4O8Pt. The van der Waals surface area contributed by atoms with Crippen molar-refractivity contribution in [2.45, 2.75) is 0 Å². The number of benzene rings is 4. The van der Waals surface area contributed by atoms with Crippen LogP contribution in [0.2, 0.25) is 0 Å². The molecular weight excluding hydrogens is 956 g/mol. The summed E-state index contributed by atoms with van der Waals surface area (Å²) in [6.45, 7) is 0. The molecule has 300 valence electrons. The molecule has 0 saturated carbocycles. The topological polar surface area (TPSA) is 207 Å². The van der Waals surface area contributed by atoms with Crippen LogP contribution in [0.5, 0.6) is 0 Å². The summed E-state index contributed by atoms with van der Waals surface area (Å²) in [6.07, 6.45) is 7.47. The van der Waals surface area contributed by atoms with Crippen molar-refractivity contribution in [3.8, 4) is 44.5 Å². The Labute approximate surface area is 360 Å². The van der Waals surface area contributed by atoms with Crippen LogP contribution >= 0.6 is 0 Å². The zero-order valence-electron chi connectivity index (χ0n) is 31.5. The van der Waals surface area contributed by atoms with Gasteiger partial charge in [0.1, 0.15) is 0 Å². The molecule has 3 aromatic heterocycles. The second kappa shape index (κ2) is 16.0. The van der Waals surface area contributed by atoms with E-state index in [2.05, 4.69) is 9.97 Å². The van der Waals surface area contributed by atoms with Gasteiger partial charge < -0.3 is 30.4 Å². The molecule has 0 fully saturated rings. The van der Waals surface area contributed by atoms with Crippen LogP contribution in [-0.4, -0.2) is 64.2 Å². The Morgan fingerprint density at radius 3 is 0.705 bits per heavy atom. The van der Waals surface area contributed by atoms with Gasteiger partial charge in [-0.1, -0.05) is 48.5 Å². The molecule has 5 heterocycles. The standard InChI is InChI=1S/C48H30N4O8.Pt/c53-45(54)29-9-1-25(2-10-29)41-33-17-19-35(49-33)42(26-3-11-30(12-4-26)46(55)56)37-21-23-39(51-37)44(28-7-15-32(16-8-28)48(59)60)40-24-22-38(52-40)43(36-20-18-34(41)50-36)27-5-13-31(14-6-27)47(57)58;/h1-24,49,52H,(H,53,54)(H,55,56)(H,57,58)(H,59,60);. The van der Waals surface area contributed by atoms with E-state index in [1.54, 1.807) is 48.5 Å². The van der Waals surface area contributed by atoms with Crippen molar-refractivity contribution in [2.24, 2.45) is 0 Å². The molecule has 13 heteroatoms. The molecule has 7 aromatic rings. The van der Waals surface area contributed by atoms with Gasteiger partial charge in [-0.15, -0.1) is 0 Å². The first kappa shape index (κ1) is 39.9.